The van der Waals surface area contributed by atoms with Crippen LogP contribution in [0.4, 0.5) is 11.5 Å². The van der Waals surface area contributed by atoms with Crippen molar-refractivity contribution in [1.82, 2.24) is 9.55 Å². The van der Waals surface area contributed by atoms with E-state index in [-0.39, 0.29) is 29.2 Å². The first-order chi connectivity index (χ1) is 14.1. The summed E-state index contributed by atoms with van der Waals surface area (Å²) in [5.41, 5.74) is 7.41. The van der Waals surface area contributed by atoms with E-state index in [1.807, 2.05) is 19.1 Å². The van der Waals surface area contributed by atoms with E-state index in [9.17, 15) is 14.4 Å². The monoisotopic (exact) mass is 414 g/mol. The fourth-order valence-corrected chi connectivity index (χ4v) is 3.39. The van der Waals surface area contributed by atoms with Gasteiger partial charge in [0.15, 0.2) is 5.69 Å². The zero-order valence-corrected chi connectivity index (χ0v) is 18.7. The van der Waals surface area contributed by atoms with Crippen LogP contribution in [0.15, 0.2) is 33.9 Å². The van der Waals surface area contributed by atoms with Crippen LogP contribution in [-0.2, 0) is 23.2 Å². The third-order valence-electron chi connectivity index (χ3n) is 5.28. The number of amides is 1. The lowest BCUT2D eigenvalue weighted by molar-refractivity contribution is -0.118. The fraction of sp³-hybridized carbons (Fsp3) is 0.522. The van der Waals surface area contributed by atoms with Gasteiger partial charge < -0.3 is 10.6 Å². The molecule has 0 spiro atoms. The highest BCUT2D eigenvalue weighted by molar-refractivity contribution is 5.95. The van der Waals surface area contributed by atoms with Gasteiger partial charge in [0.05, 0.1) is 0 Å². The summed E-state index contributed by atoms with van der Waals surface area (Å²) < 4.78 is 1.33. The second-order valence-electron chi connectivity index (χ2n) is 8.58. The van der Waals surface area contributed by atoms with Crippen molar-refractivity contribution in [2.24, 2.45) is 0 Å². The van der Waals surface area contributed by atoms with E-state index >= 15 is 0 Å². The van der Waals surface area contributed by atoms with Crippen LogP contribution in [0.25, 0.3) is 0 Å². The summed E-state index contributed by atoms with van der Waals surface area (Å²) in [6.45, 7) is 11.0. The number of carbonyl (C=O) groups is 1. The van der Waals surface area contributed by atoms with Gasteiger partial charge in [0, 0.05) is 19.5 Å². The number of rotatable bonds is 8. The number of anilines is 2. The van der Waals surface area contributed by atoms with Crippen molar-refractivity contribution in [1.29, 1.82) is 0 Å². The van der Waals surface area contributed by atoms with Crippen molar-refractivity contribution in [2.75, 3.05) is 17.2 Å². The van der Waals surface area contributed by atoms with Crippen LogP contribution in [0.1, 0.15) is 65.0 Å². The van der Waals surface area contributed by atoms with Gasteiger partial charge in [0.25, 0.3) is 5.56 Å². The van der Waals surface area contributed by atoms with Crippen molar-refractivity contribution in [2.45, 2.75) is 72.3 Å². The molecule has 30 heavy (non-hydrogen) atoms. The number of nitrogen functional groups attached to an aromatic ring is 1. The third kappa shape index (κ3) is 5.40. The second-order valence-corrected chi connectivity index (χ2v) is 8.58. The number of benzene rings is 1. The van der Waals surface area contributed by atoms with Crippen LogP contribution in [0, 0.1) is 0 Å². The largest absolute Gasteiger partial charge is 0.383 e. The molecule has 0 saturated heterocycles. The first kappa shape index (κ1) is 23.4. The van der Waals surface area contributed by atoms with Crippen molar-refractivity contribution in [3.8, 4) is 0 Å². The molecular weight excluding hydrogens is 380 g/mol. The van der Waals surface area contributed by atoms with E-state index in [1.165, 1.54) is 15.0 Å². The standard InChI is InChI=1S/C23H34N4O3/c1-6-8-15-27-20(24)19(21(29)25-22(27)30)26(7-2)18(28)14-11-16-9-12-17(13-10-16)23(3,4)5/h9-10,12-13H,6-8,11,14-15,24H2,1-5H3,(H,25,29,30). The van der Waals surface area contributed by atoms with E-state index < -0.39 is 11.2 Å². The van der Waals surface area contributed by atoms with Crippen LogP contribution >= 0.6 is 0 Å². The van der Waals surface area contributed by atoms with Gasteiger partial charge in [-0.1, -0.05) is 58.4 Å². The number of carbonyl (C=O) groups excluding carboxylic acids is 1. The van der Waals surface area contributed by atoms with Crippen LogP contribution in [-0.4, -0.2) is 22.0 Å². The van der Waals surface area contributed by atoms with E-state index in [2.05, 4.69) is 37.9 Å². The zero-order valence-electron chi connectivity index (χ0n) is 18.7. The van der Waals surface area contributed by atoms with Crippen LogP contribution in [0.5, 0.6) is 0 Å². The number of aromatic amines is 1. The Kier molecular flexibility index (Phi) is 7.65. The summed E-state index contributed by atoms with van der Waals surface area (Å²) in [5.74, 6) is -0.155. The normalized spacial score (nSPS) is 11.5. The van der Waals surface area contributed by atoms with Crippen molar-refractivity contribution in [3.05, 3.63) is 56.2 Å². The second kappa shape index (κ2) is 9.78. The summed E-state index contributed by atoms with van der Waals surface area (Å²) >= 11 is 0. The molecule has 0 bridgehead atoms. The highest BCUT2D eigenvalue weighted by atomic mass is 16.2. The molecule has 7 heteroatoms. The number of nitrogens with two attached hydrogens (primary N) is 1. The lowest BCUT2D eigenvalue weighted by Gasteiger charge is -2.23. The molecule has 0 aliphatic rings. The average molecular weight is 415 g/mol. The van der Waals surface area contributed by atoms with E-state index in [0.29, 0.717) is 19.5 Å². The van der Waals surface area contributed by atoms with Crippen molar-refractivity contribution in [3.63, 3.8) is 0 Å². The maximum absolute atomic E-state index is 12.9. The quantitative estimate of drug-likeness (QED) is 0.692. The molecule has 1 aromatic heterocycles. The predicted molar refractivity (Wildman–Crippen MR) is 122 cm³/mol. The van der Waals surface area contributed by atoms with E-state index in [4.69, 9.17) is 5.73 Å². The molecule has 0 aliphatic heterocycles. The first-order valence-corrected chi connectivity index (χ1v) is 10.6. The minimum Gasteiger partial charge on any atom is -0.383 e. The Morgan fingerprint density at radius 1 is 1.13 bits per heavy atom. The number of nitrogens with one attached hydrogen (secondary N) is 1. The Labute approximate surface area is 177 Å². The minimum absolute atomic E-state index is 0.0435. The Balaban J connectivity index is 2.22. The molecule has 0 atom stereocenters. The topological polar surface area (TPSA) is 101 Å². The Morgan fingerprint density at radius 3 is 2.30 bits per heavy atom. The van der Waals surface area contributed by atoms with Gasteiger partial charge in [0.2, 0.25) is 5.91 Å². The van der Waals surface area contributed by atoms with Gasteiger partial charge in [-0.2, -0.15) is 0 Å². The van der Waals surface area contributed by atoms with Gasteiger partial charge in [-0.3, -0.25) is 19.1 Å². The minimum atomic E-state index is -0.630. The Hall–Kier alpha value is -2.83. The summed E-state index contributed by atoms with van der Waals surface area (Å²) in [5, 5.41) is 0. The molecular formula is C23H34N4O3. The number of nitrogens with zero attached hydrogens (tertiary/aromatic N) is 2. The van der Waals surface area contributed by atoms with Gasteiger partial charge >= 0.3 is 5.69 Å². The number of aromatic nitrogens is 2. The number of hydrogen-bond acceptors (Lipinski definition) is 4. The van der Waals surface area contributed by atoms with E-state index in [0.717, 1.165) is 18.4 Å². The summed E-state index contributed by atoms with van der Waals surface area (Å²) in [4.78, 5) is 41.2. The lowest BCUT2D eigenvalue weighted by Crippen LogP contribution is -2.41. The molecule has 0 radical (unpaired) electrons. The lowest BCUT2D eigenvalue weighted by atomic mass is 9.86. The smallest absolute Gasteiger partial charge is 0.330 e. The molecule has 0 saturated carbocycles. The number of hydrogen-bond donors (Lipinski definition) is 2. The summed E-state index contributed by atoms with van der Waals surface area (Å²) in [6, 6.07) is 8.25. The molecule has 7 nitrogen and oxygen atoms in total. The van der Waals surface area contributed by atoms with Crippen LogP contribution in [0.3, 0.4) is 0 Å². The van der Waals surface area contributed by atoms with Gasteiger partial charge in [0.1, 0.15) is 5.82 Å². The SMILES string of the molecule is CCCCn1c(N)c(N(CC)C(=O)CCc2ccc(C(C)(C)C)cc2)c(=O)[nH]c1=O. The van der Waals surface area contributed by atoms with Crippen molar-refractivity contribution >= 4 is 17.4 Å². The van der Waals surface area contributed by atoms with Gasteiger partial charge in [-0.05, 0) is 36.3 Å². The Bertz CT molecular complexity index is 981. The Morgan fingerprint density at radius 2 is 1.77 bits per heavy atom. The van der Waals surface area contributed by atoms with E-state index in [1.54, 1.807) is 6.92 Å². The first-order valence-electron chi connectivity index (χ1n) is 10.6. The number of H-pyrrole nitrogens is 1. The number of unbranched alkanes of at least 4 members (excludes halogenated alkanes) is 1. The molecule has 3 N–H and O–H groups in total. The maximum atomic E-state index is 12.9. The molecule has 1 aromatic carbocycles. The molecule has 2 aromatic rings. The van der Waals surface area contributed by atoms with Crippen LogP contribution in [0.2, 0.25) is 0 Å². The van der Waals surface area contributed by atoms with Gasteiger partial charge in [-0.25, -0.2) is 4.79 Å². The van der Waals surface area contributed by atoms with Crippen molar-refractivity contribution < 1.29 is 4.79 Å². The average Bonchev–Trinajstić information content (AvgIpc) is 2.68. The molecule has 1 heterocycles. The molecule has 164 valence electrons. The summed E-state index contributed by atoms with van der Waals surface area (Å²) in [6.07, 6.45) is 2.44. The number of aryl methyl sites for hydroxylation is 1. The third-order valence-corrected chi connectivity index (χ3v) is 5.28. The maximum Gasteiger partial charge on any atom is 0.330 e. The fourth-order valence-electron chi connectivity index (χ4n) is 3.39. The molecule has 2 rings (SSSR count). The molecule has 0 unspecified atom stereocenters. The van der Waals surface area contributed by atoms with Gasteiger partial charge in [-0.15, -0.1) is 0 Å². The highest BCUT2D eigenvalue weighted by Crippen LogP contribution is 2.23. The predicted octanol–water partition coefficient (Wildman–Crippen LogP) is 3.20. The highest BCUT2D eigenvalue weighted by Gasteiger charge is 2.22. The molecule has 1 amide bonds. The summed E-state index contributed by atoms with van der Waals surface area (Å²) in [7, 11) is 0. The van der Waals surface area contributed by atoms with Crippen LogP contribution < -0.4 is 21.9 Å². The molecule has 0 fully saturated rings. The molecule has 0 aliphatic carbocycles. The zero-order chi connectivity index (χ0) is 22.5.